The van der Waals surface area contributed by atoms with E-state index in [0.717, 1.165) is 266 Å². The number of methoxy groups -OCH3 is 4. The third-order valence-corrected chi connectivity index (χ3v) is 27.0. The van der Waals surface area contributed by atoms with E-state index in [9.17, 15) is 0 Å². The van der Waals surface area contributed by atoms with Crippen molar-refractivity contribution in [2.24, 2.45) is 0 Å². The molecule has 0 N–H and O–H groups in total. The second kappa shape index (κ2) is 40.0. The molecule has 0 amide bonds. The summed E-state index contributed by atoms with van der Waals surface area (Å²) >= 11 is 0. The number of aryl methyl sites for hydroxylation is 8. The number of fused-ring (bicyclic) bond motifs is 4. The normalized spacial score (nSPS) is 22.4. The van der Waals surface area contributed by atoms with Gasteiger partial charge in [-0.15, -0.1) is 0 Å². The van der Waals surface area contributed by atoms with Crippen LogP contribution in [0.2, 0.25) is 0 Å². The molecule has 4 aromatic carbocycles. The van der Waals surface area contributed by atoms with Crippen molar-refractivity contribution in [1.82, 2.24) is 97.3 Å². The van der Waals surface area contributed by atoms with E-state index < -0.39 is 0 Å². The Hall–Kier alpha value is -11.7. The van der Waals surface area contributed by atoms with Crippen LogP contribution in [0.3, 0.4) is 0 Å². The lowest BCUT2D eigenvalue weighted by molar-refractivity contribution is -0.120. The first kappa shape index (κ1) is 92.1. The largest absolute Gasteiger partial charge is 0.495 e. The maximum absolute atomic E-state index is 6.46. The number of aromatic nitrogens is 20. The molecule has 0 radical (unpaired) electrons. The number of benzene rings is 4. The summed E-state index contributed by atoms with van der Waals surface area (Å²) in [6.45, 7) is 29.2. The highest BCUT2D eigenvalue weighted by Gasteiger charge is 2.43. The summed E-state index contributed by atoms with van der Waals surface area (Å²) in [6, 6.07) is 24.6. The van der Waals surface area contributed by atoms with Crippen LogP contribution >= 0.6 is 0 Å². The maximum atomic E-state index is 6.46. The zero-order valence-corrected chi connectivity index (χ0v) is 80.0. The van der Waals surface area contributed by atoms with Crippen LogP contribution in [0.1, 0.15) is 299 Å². The van der Waals surface area contributed by atoms with Crippen LogP contribution in [0, 0.1) is 27.7 Å². The summed E-state index contributed by atoms with van der Waals surface area (Å²) < 4.78 is 64.6. The van der Waals surface area contributed by atoms with Gasteiger partial charge in [0.2, 0.25) is 0 Å². The molecule has 4 fully saturated rings. The van der Waals surface area contributed by atoms with Crippen LogP contribution in [-0.2, 0) is 45.1 Å². The smallest absolute Gasteiger partial charge is 0.174 e. The Morgan fingerprint density at radius 1 is 0.295 bits per heavy atom. The Morgan fingerprint density at radius 2 is 0.515 bits per heavy atom. The van der Waals surface area contributed by atoms with Crippen LogP contribution < -0.4 is 18.9 Å². The van der Waals surface area contributed by atoms with E-state index in [1.54, 1.807) is 53.7 Å². The molecular formula is C104H132N20O8. The van der Waals surface area contributed by atoms with Gasteiger partial charge in [-0.2, -0.15) is 20.4 Å². The first-order chi connectivity index (χ1) is 63.7. The molecule has 28 nitrogen and oxygen atoms in total. The minimum atomic E-state index is -0.0470. The second-order valence-corrected chi connectivity index (χ2v) is 39.2. The van der Waals surface area contributed by atoms with Crippen LogP contribution in [0.5, 0.6) is 23.0 Å². The Kier molecular flexibility index (Phi) is 27.9. The van der Waals surface area contributed by atoms with Crippen molar-refractivity contribution < 1.29 is 37.9 Å². The highest BCUT2D eigenvalue weighted by molar-refractivity contribution is 5.72. The van der Waals surface area contributed by atoms with E-state index in [0.29, 0.717) is 23.7 Å². The van der Waals surface area contributed by atoms with E-state index in [1.165, 1.54) is 25.7 Å². The van der Waals surface area contributed by atoms with Gasteiger partial charge >= 0.3 is 0 Å². The molecule has 20 rings (SSSR count). The van der Waals surface area contributed by atoms with Gasteiger partial charge in [0.05, 0.1) is 146 Å². The number of rotatable bonds is 20. The Bertz CT molecular complexity index is 5370. The average molecular weight is 1790 g/mol. The Balaban J connectivity index is 0.000000123. The molecule has 8 aromatic heterocycles. The molecule has 0 aliphatic carbocycles. The summed E-state index contributed by atoms with van der Waals surface area (Å²) in [5.74, 6) is 11.8. The maximum Gasteiger partial charge on any atom is 0.174 e. The summed E-state index contributed by atoms with van der Waals surface area (Å²) in [5.41, 5.74) is 11.7. The molecule has 16 heterocycles. The number of nitrogens with zero attached hydrogens (tertiary/aromatic N) is 20. The van der Waals surface area contributed by atoms with Gasteiger partial charge in [0.15, 0.2) is 23.3 Å². The van der Waals surface area contributed by atoms with E-state index in [2.05, 4.69) is 118 Å². The van der Waals surface area contributed by atoms with Gasteiger partial charge in [0.1, 0.15) is 46.3 Å². The average Bonchev–Trinajstić information content (AvgIpc) is 1.71. The summed E-state index contributed by atoms with van der Waals surface area (Å²) in [7, 11) is 6.76. The van der Waals surface area contributed by atoms with Crippen LogP contribution in [0.25, 0.3) is 71.4 Å². The standard InChI is InChI=1S/4C26H33N5O2/c4*1-18-16-30(17-27-18)21-11-9-19(15-23(21)32-4)10-12-24-28-25-20(7-6-14-31(25)29-24)22-8-5-13-26(2,3)33-22/h4*9-12,15-17,20,22H,5-8,13-14H2,1-4H3/b4*12-10+/t20-,22+;3*20-,22-/m1110/s1. The van der Waals surface area contributed by atoms with Crippen molar-refractivity contribution in [2.75, 3.05) is 28.4 Å². The zero-order chi connectivity index (χ0) is 92.0. The Labute approximate surface area is 776 Å². The molecule has 12 aromatic rings. The molecule has 0 bridgehead atoms. The van der Waals surface area contributed by atoms with Gasteiger partial charge < -0.3 is 56.2 Å². The summed E-state index contributed by atoms with van der Waals surface area (Å²) in [6.07, 6.45) is 55.0. The molecule has 8 atom stereocenters. The van der Waals surface area contributed by atoms with Gasteiger partial charge in [0, 0.05) is 74.6 Å². The summed E-state index contributed by atoms with van der Waals surface area (Å²) in [4.78, 5) is 36.9. The third kappa shape index (κ3) is 21.9. The summed E-state index contributed by atoms with van der Waals surface area (Å²) in [5, 5.41) is 19.1. The van der Waals surface area contributed by atoms with Crippen molar-refractivity contribution in [2.45, 2.75) is 308 Å². The minimum absolute atomic E-state index is 0.0470. The lowest BCUT2D eigenvalue weighted by Crippen LogP contribution is -2.40. The number of hydrogen-bond acceptors (Lipinski definition) is 20. The quantitative estimate of drug-likeness (QED) is 0.0686. The van der Waals surface area contributed by atoms with Gasteiger partial charge in [-0.1, -0.05) is 48.6 Å². The van der Waals surface area contributed by atoms with E-state index in [1.807, 2.05) is 168 Å². The van der Waals surface area contributed by atoms with Crippen molar-refractivity contribution in [1.29, 1.82) is 0 Å². The van der Waals surface area contributed by atoms with E-state index in [4.69, 9.17) is 78.2 Å². The van der Waals surface area contributed by atoms with Crippen LogP contribution in [-0.4, -0.2) is 173 Å². The van der Waals surface area contributed by atoms with Crippen molar-refractivity contribution in [3.05, 3.63) is 215 Å². The molecule has 0 spiro atoms. The highest BCUT2D eigenvalue weighted by Crippen LogP contribution is 2.45. The first-order valence-corrected chi connectivity index (χ1v) is 47.7. The fourth-order valence-electron chi connectivity index (χ4n) is 20.4. The van der Waals surface area contributed by atoms with Gasteiger partial charge in [-0.05, 0) is 307 Å². The lowest BCUT2D eigenvalue weighted by Gasteiger charge is -2.40. The van der Waals surface area contributed by atoms with Crippen molar-refractivity contribution in [3.63, 3.8) is 0 Å². The number of ether oxygens (including phenoxy) is 8. The van der Waals surface area contributed by atoms with Gasteiger partial charge in [0.25, 0.3) is 0 Å². The number of hydrogen-bond donors (Lipinski definition) is 0. The third-order valence-electron chi connectivity index (χ3n) is 27.0. The molecule has 132 heavy (non-hydrogen) atoms. The Morgan fingerprint density at radius 3 is 0.705 bits per heavy atom. The fraction of sp³-hybridized carbons (Fsp3) is 0.500. The van der Waals surface area contributed by atoms with Gasteiger partial charge in [-0.25, -0.2) is 58.6 Å². The molecule has 4 saturated heterocycles. The lowest BCUT2D eigenvalue weighted by atomic mass is 9.85. The molecular weight excluding hydrogens is 1660 g/mol. The molecule has 8 aliphatic heterocycles. The second-order valence-electron chi connectivity index (χ2n) is 39.2. The predicted molar refractivity (Wildman–Crippen MR) is 514 cm³/mol. The molecule has 0 unspecified atom stereocenters. The minimum Gasteiger partial charge on any atom is -0.495 e. The predicted octanol–water partition coefficient (Wildman–Crippen LogP) is 20.7. The fourth-order valence-corrected chi connectivity index (χ4v) is 20.4. The molecule has 8 aliphatic rings. The van der Waals surface area contributed by atoms with E-state index >= 15 is 0 Å². The zero-order valence-electron chi connectivity index (χ0n) is 80.0. The molecule has 28 heteroatoms. The molecule has 696 valence electrons. The van der Waals surface area contributed by atoms with Crippen molar-refractivity contribution >= 4 is 48.6 Å². The van der Waals surface area contributed by atoms with Crippen molar-refractivity contribution in [3.8, 4) is 45.7 Å². The van der Waals surface area contributed by atoms with Crippen LogP contribution in [0.15, 0.2) is 123 Å². The number of imidazole rings is 4. The SMILES string of the molecule is COc1cc(/C=C/c2nc3n(n2)CCC[C@@H]3[C@@H]2CCCC(C)(C)O2)ccc1-n1cnc(C)c1.COc1cc(/C=C/c2nc3n(n2)CCC[C@@H]3[C@H]2CCCC(C)(C)O2)ccc1-n1cnc(C)c1.COc1cc(/C=C/c2nc3n(n2)CCC[C@@H]3[C@H]2CCCC(C)(C)O2)ccc1-n1cnc(C)c1.COc1cc(/C=C/c2nc3n(n2)CCC[C@H]3[C@@H]2CCCC(C)(C)O2)ccc1-n1cnc(C)c1. The van der Waals surface area contributed by atoms with E-state index in [-0.39, 0.29) is 46.8 Å². The van der Waals surface area contributed by atoms with Gasteiger partial charge in [-0.3, -0.25) is 0 Å². The first-order valence-electron chi connectivity index (χ1n) is 47.7. The monoisotopic (exact) mass is 1790 g/mol. The highest BCUT2D eigenvalue weighted by atomic mass is 16.5. The molecule has 0 saturated carbocycles. The van der Waals surface area contributed by atoms with Crippen LogP contribution in [0.4, 0.5) is 0 Å². The topological polar surface area (TPSA) is 268 Å².